The number of likely N-dealkylation sites (tertiary alicyclic amines) is 1. The first kappa shape index (κ1) is 17.2. The van der Waals surface area contributed by atoms with E-state index in [0.29, 0.717) is 18.6 Å². The Morgan fingerprint density at radius 1 is 1.28 bits per heavy atom. The molecule has 4 nitrogen and oxygen atoms in total. The Hall–Kier alpha value is -1.27. The van der Waals surface area contributed by atoms with Gasteiger partial charge in [-0.1, -0.05) is 6.07 Å². The fourth-order valence-corrected chi connectivity index (χ4v) is 4.62. The van der Waals surface area contributed by atoms with E-state index >= 15 is 0 Å². The third-order valence-corrected chi connectivity index (χ3v) is 6.20. The van der Waals surface area contributed by atoms with Gasteiger partial charge in [0, 0.05) is 12.7 Å². The van der Waals surface area contributed by atoms with Gasteiger partial charge in [-0.05, 0) is 72.3 Å². The van der Waals surface area contributed by atoms with E-state index in [0.717, 1.165) is 25.3 Å². The molecule has 1 atom stereocenters. The molecule has 2 aromatic rings. The number of ether oxygens (including phenoxy) is 2. The molecule has 0 amide bonds. The minimum absolute atomic E-state index is 0.243. The van der Waals surface area contributed by atoms with Gasteiger partial charge in [-0.25, -0.2) is 0 Å². The summed E-state index contributed by atoms with van der Waals surface area (Å²) >= 11 is 1.79. The number of nitrogens with zero attached hydrogens (tertiary/aromatic N) is 2. The summed E-state index contributed by atoms with van der Waals surface area (Å²) in [5.74, 6) is 0. The highest BCUT2D eigenvalue weighted by atomic mass is 32.1. The van der Waals surface area contributed by atoms with Crippen LogP contribution in [-0.2, 0) is 22.6 Å². The van der Waals surface area contributed by atoms with Gasteiger partial charge in [0.15, 0.2) is 0 Å². The van der Waals surface area contributed by atoms with Gasteiger partial charge in [0.1, 0.15) is 0 Å². The number of aromatic nitrogens is 1. The number of thiophene rings is 1. The summed E-state index contributed by atoms with van der Waals surface area (Å²) in [6.45, 7) is 5.61. The predicted molar refractivity (Wildman–Crippen MR) is 99.5 cm³/mol. The zero-order valence-electron chi connectivity index (χ0n) is 14.6. The minimum atomic E-state index is 0.243. The summed E-state index contributed by atoms with van der Waals surface area (Å²) in [6.07, 6.45) is 5.68. The van der Waals surface area contributed by atoms with Crippen LogP contribution in [0.5, 0.6) is 0 Å². The van der Waals surface area contributed by atoms with E-state index in [1.54, 1.807) is 11.3 Å². The molecule has 2 fully saturated rings. The molecule has 1 spiro atoms. The van der Waals surface area contributed by atoms with Crippen LogP contribution in [0.2, 0.25) is 0 Å². The normalized spacial score (nSPS) is 23.3. The molecule has 0 saturated carbocycles. The molecule has 2 aromatic heterocycles. The summed E-state index contributed by atoms with van der Waals surface area (Å²) in [5.41, 5.74) is 2.81. The Morgan fingerprint density at radius 3 is 2.96 bits per heavy atom. The third kappa shape index (κ3) is 4.47. The van der Waals surface area contributed by atoms with Crippen molar-refractivity contribution in [3.63, 3.8) is 0 Å². The Labute approximate surface area is 153 Å². The molecule has 0 aromatic carbocycles. The number of rotatable bonds is 6. The average Bonchev–Trinajstić information content (AvgIpc) is 3.29. The zero-order chi connectivity index (χ0) is 17.0. The van der Waals surface area contributed by atoms with E-state index in [-0.39, 0.29) is 6.10 Å². The molecule has 4 rings (SSSR count). The molecular formula is C20H26N2O2S. The van der Waals surface area contributed by atoms with E-state index in [1.165, 1.54) is 31.5 Å². The maximum absolute atomic E-state index is 6.06. The number of piperidine rings is 1. The maximum atomic E-state index is 6.06. The Balaban J connectivity index is 1.20. The van der Waals surface area contributed by atoms with E-state index in [2.05, 4.69) is 26.7 Å². The standard InChI is InChI=1S/C20H26N2O2S/c1-2-7-21-18(3-1)13-23-14-19-11-20(16-24-19)5-8-22(9-6-20)12-17-4-10-25-15-17/h1-4,7,10,15,19H,5-6,8-9,11-14,16H2/t19-/m1/s1. The van der Waals surface area contributed by atoms with Gasteiger partial charge in [0.25, 0.3) is 0 Å². The lowest BCUT2D eigenvalue weighted by Crippen LogP contribution is -2.40. The number of hydrogen-bond acceptors (Lipinski definition) is 5. The highest BCUT2D eigenvalue weighted by molar-refractivity contribution is 7.07. The maximum Gasteiger partial charge on any atom is 0.0889 e. The van der Waals surface area contributed by atoms with E-state index < -0.39 is 0 Å². The lowest BCUT2D eigenvalue weighted by molar-refractivity contribution is 0.00555. The molecule has 0 unspecified atom stereocenters. The van der Waals surface area contributed by atoms with Crippen LogP contribution >= 0.6 is 11.3 Å². The monoisotopic (exact) mass is 358 g/mol. The van der Waals surface area contributed by atoms with Crippen LogP contribution in [0.4, 0.5) is 0 Å². The number of pyridine rings is 1. The fraction of sp³-hybridized carbons (Fsp3) is 0.550. The van der Waals surface area contributed by atoms with E-state index in [4.69, 9.17) is 9.47 Å². The van der Waals surface area contributed by atoms with Crippen molar-refractivity contribution >= 4 is 11.3 Å². The molecule has 5 heteroatoms. The molecule has 2 saturated heterocycles. The lowest BCUT2D eigenvalue weighted by Gasteiger charge is -2.38. The highest BCUT2D eigenvalue weighted by Gasteiger charge is 2.42. The quantitative estimate of drug-likeness (QED) is 0.788. The summed E-state index contributed by atoms with van der Waals surface area (Å²) in [6, 6.07) is 8.16. The van der Waals surface area contributed by atoms with Gasteiger partial charge in [0.2, 0.25) is 0 Å². The first-order valence-corrected chi connectivity index (χ1v) is 10.1. The molecule has 0 bridgehead atoms. The van der Waals surface area contributed by atoms with Crippen LogP contribution in [0.25, 0.3) is 0 Å². The average molecular weight is 359 g/mol. The van der Waals surface area contributed by atoms with Gasteiger partial charge >= 0.3 is 0 Å². The topological polar surface area (TPSA) is 34.6 Å². The van der Waals surface area contributed by atoms with Gasteiger partial charge in [-0.3, -0.25) is 9.88 Å². The minimum Gasteiger partial charge on any atom is -0.375 e. The van der Waals surface area contributed by atoms with Crippen molar-refractivity contribution in [1.82, 2.24) is 9.88 Å². The SMILES string of the molecule is c1ccc(COC[C@H]2CC3(CCN(Cc4ccsc4)CC3)CO2)nc1. The highest BCUT2D eigenvalue weighted by Crippen LogP contribution is 2.42. The van der Waals surface area contributed by atoms with Crippen molar-refractivity contribution in [1.29, 1.82) is 0 Å². The second kappa shape index (κ2) is 7.96. The van der Waals surface area contributed by atoms with Crippen molar-refractivity contribution in [2.75, 3.05) is 26.3 Å². The van der Waals surface area contributed by atoms with Crippen LogP contribution in [-0.4, -0.2) is 42.3 Å². The molecule has 25 heavy (non-hydrogen) atoms. The first-order valence-electron chi connectivity index (χ1n) is 9.14. The third-order valence-electron chi connectivity index (χ3n) is 5.47. The Kier molecular flexibility index (Phi) is 5.46. The molecule has 0 radical (unpaired) electrons. The smallest absolute Gasteiger partial charge is 0.0889 e. The summed E-state index contributed by atoms with van der Waals surface area (Å²) in [4.78, 5) is 6.88. The van der Waals surface area contributed by atoms with E-state index in [1.807, 2.05) is 24.4 Å². The van der Waals surface area contributed by atoms with E-state index in [9.17, 15) is 0 Å². The second-order valence-corrected chi connectivity index (χ2v) is 8.16. The van der Waals surface area contributed by atoms with Crippen molar-refractivity contribution in [3.05, 3.63) is 52.5 Å². The molecular weight excluding hydrogens is 332 g/mol. The van der Waals surface area contributed by atoms with Crippen LogP contribution in [0.1, 0.15) is 30.5 Å². The summed E-state index contributed by atoms with van der Waals surface area (Å²) in [7, 11) is 0. The second-order valence-electron chi connectivity index (χ2n) is 7.38. The molecule has 0 aliphatic carbocycles. The van der Waals surface area contributed by atoms with Crippen molar-refractivity contribution in [2.45, 2.75) is 38.5 Å². The van der Waals surface area contributed by atoms with Crippen molar-refractivity contribution in [3.8, 4) is 0 Å². The van der Waals surface area contributed by atoms with Crippen LogP contribution in [0.15, 0.2) is 41.2 Å². The Morgan fingerprint density at radius 2 is 2.20 bits per heavy atom. The first-order chi connectivity index (χ1) is 12.3. The van der Waals surface area contributed by atoms with Gasteiger partial charge in [-0.15, -0.1) is 0 Å². The largest absolute Gasteiger partial charge is 0.375 e. The molecule has 134 valence electrons. The van der Waals surface area contributed by atoms with Crippen molar-refractivity contribution in [2.24, 2.45) is 5.41 Å². The van der Waals surface area contributed by atoms with Gasteiger partial charge < -0.3 is 9.47 Å². The zero-order valence-corrected chi connectivity index (χ0v) is 15.4. The molecule has 0 N–H and O–H groups in total. The number of hydrogen-bond donors (Lipinski definition) is 0. The molecule has 2 aliphatic heterocycles. The van der Waals surface area contributed by atoms with Crippen LogP contribution < -0.4 is 0 Å². The van der Waals surface area contributed by atoms with Crippen LogP contribution in [0.3, 0.4) is 0 Å². The van der Waals surface area contributed by atoms with Crippen LogP contribution in [0, 0.1) is 5.41 Å². The molecule has 2 aliphatic rings. The Bertz CT molecular complexity index is 639. The summed E-state index contributed by atoms with van der Waals surface area (Å²) in [5, 5.41) is 4.43. The lowest BCUT2D eigenvalue weighted by atomic mass is 9.76. The van der Waals surface area contributed by atoms with Gasteiger partial charge in [-0.2, -0.15) is 11.3 Å². The summed E-state index contributed by atoms with van der Waals surface area (Å²) < 4.78 is 11.9. The van der Waals surface area contributed by atoms with Gasteiger partial charge in [0.05, 0.1) is 31.6 Å². The van der Waals surface area contributed by atoms with Crippen molar-refractivity contribution < 1.29 is 9.47 Å². The molecule has 4 heterocycles. The fourth-order valence-electron chi connectivity index (χ4n) is 3.96. The predicted octanol–water partition coefficient (Wildman–Crippen LogP) is 3.73.